The average molecular weight is 244 g/mol. The lowest BCUT2D eigenvalue weighted by molar-refractivity contribution is -0.119. The molecular formula is C15H20N2O. The highest BCUT2D eigenvalue weighted by Crippen LogP contribution is 2.29. The normalized spacial score (nSPS) is 19.9. The highest BCUT2D eigenvalue weighted by Gasteiger charge is 2.26. The van der Waals surface area contributed by atoms with E-state index in [0.29, 0.717) is 11.8 Å². The van der Waals surface area contributed by atoms with E-state index in [1.54, 1.807) is 0 Å². The number of hydrogen-bond acceptors (Lipinski definition) is 2. The van der Waals surface area contributed by atoms with Crippen molar-refractivity contribution in [3.8, 4) is 0 Å². The molecule has 0 unspecified atom stereocenters. The molecule has 3 rings (SSSR count). The van der Waals surface area contributed by atoms with Crippen LogP contribution in [0.25, 0.3) is 0 Å². The van der Waals surface area contributed by atoms with Crippen molar-refractivity contribution in [2.75, 3.05) is 24.5 Å². The number of nitrogens with one attached hydrogen (secondary N) is 1. The Bertz CT molecular complexity index is 438. The summed E-state index contributed by atoms with van der Waals surface area (Å²) in [7, 11) is 0. The number of hydrogen-bond donors (Lipinski definition) is 1. The number of carbonyl (C=O) groups excluding carboxylic acids is 1. The number of carbonyl (C=O) groups is 1. The number of anilines is 1. The molecule has 96 valence electrons. The van der Waals surface area contributed by atoms with E-state index in [-0.39, 0.29) is 0 Å². The van der Waals surface area contributed by atoms with E-state index in [2.05, 4.69) is 23.5 Å². The molecule has 18 heavy (non-hydrogen) atoms. The van der Waals surface area contributed by atoms with Crippen molar-refractivity contribution in [3.63, 3.8) is 0 Å². The molecule has 1 N–H and O–H groups in total. The van der Waals surface area contributed by atoms with E-state index >= 15 is 0 Å². The van der Waals surface area contributed by atoms with Crippen LogP contribution < -0.4 is 10.2 Å². The summed E-state index contributed by atoms with van der Waals surface area (Å²) >= 11 is 0. The van der Waals surface area contributed by atoms with E-state index in [1.807, 2.05) is 11.0 Å². The Labute approximate surface area is 108 Å². The average Bonchev–Trinajstić information content (AvgIpc) is 2.84. The second-order valence-corrected chi connectivity index (χ2v) is 5.32. The van der Waals surface area contributed by atoms with Gasteiger partial charge in [0.2, 0.25) is 5.91 Å². The molecule has 2 heterocycles. The van der Waals surface area contributed by atoms with Crippen LogP contribution in [0.5, 0.6) is 0 Å². The second kappa shape index (κ2) is 5.11. The van der Waals surface area contributed by atoms with Gasteiger partial charge < -0.3 is 10.2 Å². The van der Waals surface area contributed by atoms with Gasteiger partial charge in [-0.05, 0) is 49.9 Å². The van der Waals surface area contributed by atoms with Crippen molar-refractivity contribution in [2.45, 2.75) is 25.7 Å². The van der Waals surface area contributed by atoms with Crippen LogP contribution in [0.3, 0.4) is 0 Å². The highest BCUT2D eigenvalue weighted by molar-refractivity contribution is 5.95. The monoisotopic (exact) mass is 244 g/mol. The van der Waals surface area contributed by atoms with Gasteiger partial charge in [0.05, 0.1) is 0 Å². The van der Waals surface area contributed by atoms with Gasteiger partial charge in [0, 0.05) is 18.7 Å². The number of fused-ring (bicyclic) bond motifs is 1. The van der Waals surface area contributed by atoms with Crippen LogP contribution in [0.15, 0.2) is 24.3 Å². The third-order valence-electron chi connectivity index (χ3n) is 4.11. The molecule has 0 aliphatic carbocycles. The smallest absolute Gasteiger partial charge is 0.227 e. The van der Waals surface area contributed by atoms with Crippen LogP contribution in [0.1, 0.15) is 24.8 Å². The zero-order valence-corrected chi connectivity index (χ0v) is 10.7. The van der Waals surface area contributed by atoms with Crippen molar-refractivity contribution >= 4 is 11.6 Å². The predicted octanol–water partition coefficient (Wildman–Crippen LogP) is 1.97. The van der Waals surface area contributed by atoms with Crippen molar-refractivity contribution in [2.24, 2.45) is 5.92 Å². The fraction of sp³-hybridized carbons (Fsp3) is 0.533. The number of rotatable bonds is 2. The zero-order chi connectivity index (χ0) is 12.4. The fourth-order valence-corrected chi connectivity index (χ4v) is 3.04. The lowest BCUT2D eigenvalue weighted by atomic mass is 9.94. The molecule has 1 saturated heterocycles. The quantitative estimate of drug-likeness (QED) is 0.862. The van der Waals surface area contributed by atoms with Gasteiger partial charge in [-0.1, -0.05) is 18.2 Å². The highest BCUT2D eigenvalue weighted by atomic mass is 16.2. The number of nitrogens with zero attached hydrogens (tertiary/aromatic N) is 1. The summed E-state index contributed by atoms with van der Waals surface area (Å²) in [6.07, 6.45) is 4.01. The largest absolute Gasteiger partial charge is 0.317 e. The van der Waals surface area contributed by atoms with Crippen LogP contribution >= 0.6 is 0 Å². The summed E-state index contributed by atoms with van der Waals surface area (Å²) < 4.78 is 0. The lowest BCUT2D eigenvalue weighted by Gasteiger charge is -2.25. The first-order valence-electron chi connectivity index (χ1n) is 6.93. The molecule has 0 spiro atoms. The van der Waals surface area contributed by atoms with Gasteiger partial charge in [0.15, 0.2) is 0 Å². The molecule has 1 aromatic rings. The first-order valence-corrected chi connectivity index (χ1v) is 6.93. The number of piperidine rings is 1. The van der Waals surface area contributed by atoms with Crippen molar-refractivity contribution in [1.29, 1.82) is 0 Å². The molecule has 1 fully saturated rings. The molecule has 1 amide bonds. The molecule has 0 atom stereocenters. The summed E-state index contributed by atoms with van der Waals surface area (Å²) in [5, 5.41) is 3.35. The lowest BCUT2D eigenvalue weighted by Crippen LogP contribution is -2.34. The summed E-state index contributed by atoms with van der Waals surface area (Å²) in [5.41, 5.74) is 2.45. The van der Waals surface area contributed by atoms with E-state index < -0.39 is 0 Å². The molecule has 1 aromatic carbocycles. The SMILES string of the molecule is O=C(CC1CCNCC1)N1CCc2ccccc21. The minimum absolute atomic E-state index is 0.312. The Hall–Kier alpha value is -1.35. The summed E-state index contributed by atoms with van der Waals surface area (Å²) in [5.74, 6) is 0.887. The molecule has 2 aliphatic rings. The van der Waals surface area contributed by atoms with Gasteiger partial charge >= 0.3 is 0 Å². The van der Waals surface area contributed by atoms with Gasteiger partial charge in [-0.2, -0.15) is 0 Å². The van der Waals surface area contributed by atoms with Crippen LogP contribution in [0.4, 0.5) is 5.69 Å². The topological polar surface area (TPSA) is 32.3 Å². The van der Waals surface area contributed by atoms with Crippen molar-refractivity contribution < 1.29 is 4.79 Å². The Morgan fingerprint density at radius 3 is 2.89 bits per heavy atom. The molecular weight excluding hydrogens is 224 g/mol. The summed E-state index contributed by atoms with van der Waals surface area (Å²) in [6, 6.07) is 8.28. The Morgan fingerprint density at radius 1 is 1.28 bits per heavy atom. The van der Waals surface area contributed by atoms with Crippen LogP contribution in [-0.4, -0.2) is 25.5 Å². The minimum atomic E-state index is 0.312. The minimum Gasteiger partial charge on any atom is -0.317 e. The van der Waals surface area contributed by atoms with Crippen LogP contribution in [0.2, 0.25) is 0 Å². The third-order valence-corrected chi connectivity index (χ3v) is 4.11. The molecule has 3 nitrogen and oxygen atoms in total. The summed E-state index contributed by atoms with van der Waals surface area (Å²) in [6.45, 7) is 2.99. The summed E-state index contributed by atoms with van der Waals surface area (Å²) in [4.78, 5) is 14.4. The second-order valence-electron chi connectivity index (χ2n) is 5.32. The first-order chi connectivity index (χ1) is 8.84. The molecule has 2 aliphatic heterocycles. The number of amides is 1. The van der Waals surface area contributed by atoms with Crippen molar-refractivity contribution in [1.82, 2.24) is 5.32 Å². The molecule has 0 bridgehead atoms. The molecule has 0 radical (unpaired) electrons. The maximum Gasteiger partial charge on any atom is 0.227 e. The first kappa shape index (κ1) is 11.7. The predicted molar refractivity (Wildman–Crippen MR) is 72.7 cm³/mol. The molecule has 0 saturated carbocycles. The van der Waals surface area contributed by atoms with E-state index in [9.17, 15) is 4.79 Å². The van der Waals surface area contributed by atoms with Crippen LogP contribution in [-0.2, 0) is 11.2 Å². The maximum absolute atomic E-state index is 12.4. The van der Waals surface area contributed by atoms with E-state index in [1.165, 1.54) is 5.56 Å². The maximum atomic E-state index is 12.4. The van der Waals surface area contributed by atoms with E-state index in [0.717, 1.165) is 51.0 Å². The molecule has 0 aromatic heterocycles. The zero-order valence-electron chi connectivity index (χ0n) is 10.7. The van der Waals surface area contributed by atoms with E-state index in [4.69, 9.17) is 0 Å². The number of para-hydroxylation sites is 1. The number of benzene rings is 1. The van der Waals surface area contributed by atoms with Crippen LogP contribution in [0, 0.1) is 5.92 Å². The van der Waals surface area contributed by atoms with Gasteiger partial charge in [-0.3, -0.25) is 4.79 Å². The fourth-order valence-electron chi connectivity index (χ4n) is 3.04. The molecule has 3 heteroatoms. The Morgan fingerprint density at radius 2 is 2.06 bits per heavy atom. The Balaban J connectivity index is 1.67. The van der Waals surface area contributed by atoms with Gasteiger partial charge in [0.25, 0.3) is 0 Å². The Kier molecular flexibility index (Phi) is 3.33. The van der Waals surface area contributed by atoms with Gasteiger partial charge in [0.1, 0.15) is 0 Å². The van der Waals surface area contributed by atoms with Crippen molar-refractivity contribution in [3.05, 3.63) is 29.8 Å². The van der Waals surface area contributed by atoms with Gasteiger partial charge in [-0.25, -0.2) is 0 Å². The third kappa shape index (κ3) is 2.27. The van der Waals surface area contributed by atoms with Gasteiger partial charge in [-0.15, -0.1) is 0 Å². The standard InChI is InChI=1S/C15H20N2O/c18-15(11-12-5-8-16-9-6-12)17-10-7-13-3-1-2-4-14(13)17/h1-4,12,16H,5-11H2.